The van der Waals surface area contributed by atoms with Gasteiger partial charge in [-0.2, -0.15) is 0 Å². The third-order valence-corrected chi connectivity index (χ3v) is 2.40. The third kappa shape index (κ3) is 1.32. The molecule has 0 saturated carbocycles. The van der Waals surface area contributed by atoms with Crippen molar-refractivity contribution in [3.8, 4) is 0 Å². The number of hydrogen-bond acceptors (Lipinski definition) is 2. The summed E-state index contributed by atoms with van der Waals surface area (Å²) in [4.78, 5) is 24.0. The predicted molar refractivity (Wildman–Crippen MR) is 47.1 cm³/mol. The predicted octanol–water partition coefficient (Wildman–Crippen LogP) is 0.496. The first-order valence-corrected chi connectivity index (χ1v) is 4.17. The molecule has 4 nitrogen and oxygen atoms in total. The Balaban J connectivity index is 3.06. The fourth-order valence-corrected chi connectivity index (χ4v) is 1.60. The number of carboxylic acid groups (broad SMARTS) is 1. The first-order chi connectivity index (χ1) is 6.04. The third-order valence-electron chi connectivity index (χ3n) is 2.40. The molecule has 13 heavy (non-hydrogen) atoms. The van der Waals surface area contributed by atoms with Gasteiger partial charge in [0.1, 0.15) is 0 Å². The lowest BCUT2D eigenvalue weighted by Crippen LogP contribution is -2.37. The van der Waals surface area contributed by atoms with Gasteiger partial charge in [-0.05, 0) is 13.3 Å². The molecular weight excluding hydrogens is 170 g/mol. The normalized spacial score (nSPS) is 28.8. The van der Waals surface area contributed by atoms with Gasteiger partial charge < -0.3 is 10.0 Å². The molecule has 0 aromatic carbocycles. The van der Waals surface area contributed by atoms with Crippen LogP contribution < -0.4 is 0 Å². The molecule has 1 amide bonds. The van der Waals surface area contributed by atoms with E-state index in [0.29, 0.717) is 13.0 Å². The Bertz CT molecular complexity index is 272. The van der Waals surface area contributed by atoms with Crippen LogP contribution in [0.15, 0.2) is 12.2 Å². The fourth-order valence-electron chi connectivity index (χ4n) is 1.60. The van der Waals surface area contributed by atoms with E-state index in [1.165, 1.54) is 11.0 Å². The Morgan fingerprint density at radius 3 is 2.62 bits per heavy atom. The molecule has 0 unspecified atom stereocenters. The lowest BCUT2D eigenvalue weighted by atomic mass is 9.86. The van der Waals surface area contributed by atoms with Crippen molar-refractivity contribution < 1.29 is 14.7 Å². The summed E-state index contributed by atoms with van der Waals surface area (Å²) < 4.78 is 0. The zero-order valence-electron chi connectivity index (χ0n) is 7.78. The molecule has 0 aliphatic carbocycles. The van der Waals surface area contributed by atoms with Crippen LogP contribution in [-0.4, -0.2) is 35.5 Å². The minimum Gasteiger partial charge on any atom is -0.480 e. The molecular formula is C9H13NO3. The number of carbonyl (C=O) groups is 2. The van der Waals surface area contributed by atoms with Gasteiger partial charge in [0.25, 0.3) is 0 Å². The van der Waals surface area contributed by atoms with E-state index in [1.54, 1.807) is 20.0 Å². The van der Waals surface area contributed by atoms with Crippen molar-refractivity contribution in [1.29, 1.82) is 0 Å². The highest BCUT2D eigenvalue weighted by atomic mass is 16.4. The van der Waals surface area contributed by atoms with Gasteiger partial charge in [-0.25, -0.2) is 0 Å². The summed E-state index contributed by atoms with van der Waals surface area (Å²) in [6.07, 6.45) is 3.45. The SMILES string of the molecule is C/C=C/[C@]1(C(=O)O)CCN(C)C1=O. The monoisotopic (exact) mass is 183 g/mol. The molecule has 1 atom stereocenters. The van der Waals surface area contributed by atoms with Crippen LogP contribution in [0.4, 0.5) is 0 Å². The topological polar surface area (TPSA) is 57.6 Å². The van der Waals surface area contributed by atoms with Crippen molar-refractivity contribution >= 4 is 11.9 Å². The molecule has 0 aromatic rings. The molecule has 1 aliphatic heterocycles. The summed E-state index contributed by atoms with van der Waals surface area (Å²) >= 11 is 0. The second-order valence-corrected chi connectivity index (χ2v) is 3.25. The number of carboxylic acids is 1. The Morgan fingerprint density at radius 2 is 2.31 bits per heavy atom. The fraction of sp³-hybridized carbons (Fsp3) is 0.556. The van der Waals surface area contributed by atoms with Gasteiger partial charge in [-0.15, -0.1) is 0 Å². The van der Waals surface area contributed by atoms with Crippen molar-refractivity contribution in [3.63, 3.8) is 0 Å². The highest BCUT2D eigenvalue weighted by Crippen LogP contribution is 2.32. The van der Waals surface area contributed by atoms with Crippen LogP contribution in [0.5, 0.6) is 0 Å². The van der Waals surface area contributed by atoms with E-state index < -0.39 is 11.4 Å². The molecule has 1 N–H and O–H groups in total. The van der Waals surface area contributed by atoms with Gasteiger partial charge in [-0.3, -0.25) is 9.59 Å². The number of carbonyl (C=O) groups excluding carboxylic acids is 1. The summed E-state index contributed by atoms with van der Waals surface area (Å²) in [5.41, 5.74) is -1.30. The van der Waals surface area contributed by atoms with Crippen molar-refractivity contribution in [1.82, 2.24) is 4.90 Å². The van der Waals surface area contributed by atoms with Gasteiger partial charge in [-0.1, -0.05) is 12.2 Å². The number of nitrogens with zero attached hydrogens (tertiary/aromatic N) is 1. The molecule has 1 saturated heterocycles. The van der Waals surface area contributed by atoms with Crippen molar-refractivity contribution in [2.24, 2.45) is 5.41 Å². The van der Waals surface area contributed by atoms with Crippen LogP contribution in [0.2, 0.25) is 0 Å². The summed E-state index contributed by atoms with van der Waals surface area (Å²) in [5.74, 6) is -1.38. The summed E-state index contributed by atoms with van der Waals surface area (Å²) in [7, 11) is 1.62. The number of allylic oxidation sites excluding steroid dienone is 1. The van der Waals surface area contributed by atoms with Gasteiger partial charge >= 0.3 is 5.97 Å². The highest BCUT2D eigenvalue weighted by Gasteiger charge is 2.49. The smallest absolute Gasteiger partial charge is 0.323 e. The first-order valence-electron chi connectivity index (χ1n) is 4.17. The largest absolute Gasteiger partial charge is 0.480 e. The zero-order chi connectivity index (χ0) is 10.1. The molecule has 4 heteroatoms. The maximum atomic E-state index is 11.6. The van der Waals surface area contributed by atoms with Crippen LogP contribution in [0, 0.1) is 5.41 Å². The summed E-state index contributed by atoms with van der Waals surface area (Å²) in [6, 6.07) is 0. The van der Waals surface area contributed by atoms with E-state index >= 15 is 0 Å². The van der Waals surface area contributed by atoms with Crippen molar-refractivity contribution in [3.05, 3.63) is 12.2 Å². The van der Waals surface area contributed by atoms with E-state index in [-0.39, 0.29) is 5.91 Å². The van der Waals surface area contributed by atoms with Crippen LogP contribution in [0.1, 0.15) is 13.3 Å². The molecule has 1 fully saturated rings. The second-order valence-electron chi connectivity index (χ2n) is 3.25. The van der Waals surface area contributed by atoms with Crippen LogP contribution in [0.25, 0.3) is 0 Å². The van der Waals surface area contributed by atoms with Crippen molar-refractivity contribution in [2.75, 3.05) is 13.6 Å². The summed E-state index contributed by atoms with van der Waals surface area (Å²) in [6.45, 7) is 2.23. The Hall–Kier alpha value is -1.32. The van der Waals surface area contributed by atoms with E-state index in [1.807, 2.05) is 0 Å². The van der Waals surface area contributed by atoms with Gasteiger partial charge in [0.15, 0.2) is 5.41 Å². The summed E-state index contributed by atoms with van der Waals surface area (Å²) in [5, 5.41) is 8.98. The minimum absolute atomic E-state index is 0.321. The molecule has 0 bridgehead atoms. The Labute approximate surface area is 76.8 Å². The molecule has 0 radical (unpaired) electrons. The number of hydrogen-bond donors (Lipinski definition) is 1. The van der Waals surface area contributed by atoms with E-state index in [4.69, 9.17) is 5.11 Å². The van der Waals surface area contributed by atoms with E-state index in [9.17, 15) is 9.59 Å². The number of aliphatic carboxylic acids is 1. The van der Waals surface area contributed by atoms with E-state index in [0.717, 1.165) is 0 Å². The maximum Gasteiger partial charge on any atom is 0.323 e. The number of likely N-dealkylation sites (tertiary alicyclic amines) is 1. The van der Waals surface area contributed by atoms with E-state index in [2.05, 4.69) is 0 Å². The van der Waals surface area contributed by atoms with Gasteiger partial charge in [0.2, 0.25) is 5.91 Å². The van der Waals surface area contributed by atoms with Crippen LogP contribution >= 0.6 is 0 Å². The van der Waals surface area contributed by atoms with Gasteiger partial charge in [0.05, 0.1) is 0 Å². The average Bonchev–Trinajstić information content (AvgIpc) is 2.34. The lowest BCUT2D eigenvalue weighted by molar-refractivity contribution is -0.152. The van der Waals surface area contributed by atoms with Gasteiger partial charge in [0, 0.05) is 13.6 Å². The number of amides is 1. The van der Waals surface area contributed by atoms with Crippen LogP contribution in [0.3, 0.4) is 0 Å². The molecule has 72 valence electrons. The first kappa shape index (κ1) is 9.77. The Morgan fingerprint density at radius 1 is 1.69 bits per heavy atom. The number of rotatable bonds is 2. The molecule has 1 heterocycles. The average molecular weight is 183 g/mol. The molecule has 0 spiro atoms. The maximum absolute atomic E-state index is 11.6. The molecule has 0 aromatic heterocycles. The van der Waals surface area contributed by atoms with Crippen molar-refractivity contribution in [2.45, 2.75) is 13.3 Å². The minimum atomic E-state index is -1.30. The molecule has 1 rings (SSSR count). The zero-order valence-corrected chi connectivity index (χ0v) is 7.78. The Kier molecular flexibility index (Phi) is 2.40. The quantitative estimate of drug-likeness (QED) is 0.501. The molecule has 1 aliphatic rings. The lowest BCUT2D eigenvalue weighted by Gasteiger charge is -2.17. The highest BCUT2D eigenvalue weighted by molar-refractivity contribution is 6.05. The standard InChI is InChI=1S/C9H13NO3/c1-3-4-9(8(12)13)5-6-10(2)7(9)11/h3-4H,5-6H2,1-2H3,(H,12,13)/b4-3+/t9-/m0/s1. The van der Waals surface area contributed by atoms with Crippen LogP contribution in [-0.2, 0) is 9.59 Å². The second kappa shape index (κ2) is 3.20.